The van der Waals surface area contributed by atoms with E-state index in [9.17, 15) is 8.94 Å². The van der Waals surface area contributed by atoms with Gasteiger partial charge in [0.25, 0.3) is 0 Å². The van der Waals surface area contributed by atoms with Crippen LogP contribution in [0.3, 0.4) is 0 Å². The molecular weight excluding hydrogens is 459 g/mol. The minimum Gasteiger partial charge on any atom is -0.598 e. The summed E-state index contributed by atoms with van der Waals surface area (Å²) in [7, 11) is -2.00. The van der Waals surface area contributed by atoms with E-state index >= 15 is 0 Å². The smallest absolute Gasteiger partial charge is 0.192 e. The normalized spacial score (nSPS) is 27.4. The molecule has 1 saturated carbocycles. The number of nitrogens with zero attached hydrogens (tertiary/aromatic N) is 1. The zero-order valence-corrected chi connectivity index (χ0v) is 21.9. The van der Waals surface area contributed by atoms with Crippen LogP contribution in [0, 0.1) is 5.82 Å². The number of hydrogen-bond acceptors (Lipinski definition) is 4. The lowest BCUT2D eigenvalue weighted by molar-refractivity contribution is -0.0720. The van der Waals surface area contributed by atoms with Gasteiger partial charge < -0.3 is 8.98 Å². The standard InChI is InChI=1S/C20H34BrFN2O2SSi/c1-17(2,3)27(25)24-20(16-15(22)10-14(21)11-23-16)12-19(7,13-20)26-28(8,9)18(4,5)6/h10-11,24H,12-13H2,1-9H3/t19-,20+,27-/m0/s1. The van der Waals surface area contributed by atoms with E-state index in [4.69, 9.17) is 4.43 Å². The van der Waals surface area contributed by atoms with Crippen molar-refractivity contribution in [2.75, 3.05) is 0 Å². The van der Waals surface area contributed by atoms with Crippen molar-refractivity contribution in [1.82, 2.24) is 9.71 Å². The summed E-state index contributed by atoms with van der Waals surface area (Å²) in [4.78, 5) is 4.35. The van der Waals surface area contributed by atoms with E-state index in [1.807, 2.05) is 20.8 Å². The van der Waals surface area contributed by atoms with Crippen LogP contribution in [0.25, 0.3) is 0 Å². The van der Waals surface area contributed by atoms with Crippen molar-refractivity contribution in [2.24, 2.45) is 0 Å². The first kappa shape index (κ1) is 24.3. The van der Waals surface area contributed by atoms with Gasteiger partial charge in [-0.3, -0.25) is 4.98 Å². The third-order valence-electron chi connectivity index (χ3n) is 5.76. The van der Waals surface area contributed by atoms with Gasteiger partial charge in [0.2, 0.25) is 0 Å². The molecule has 1 aromatic rings. The van der Waals surface area contributed by atoms with Crippen LogP contribution in [0.2, 0.25) is 18.1 Å². The summed E-state index contributed by atoms with van der Waals surface area (Å²) in [5.74, 6) is -0.401. The molecule has 1 heterocycles. The van der Waals surface area contributed by atoms with E-state index in [1.165, 1.54) is 6.07 Å². The van der Waals surface area contributed by atoms with Gasteiger partial charge in [0.05, 0.1) is 5.60 Å². The lowest BCUT2D eigenvalue weighted by atomic mass is 9.64. The van der Waals surface area contributed by atoms with E-state index in [-0.39, 0.29) is 5.04 Å². The molecule has 0 aliphatic heterocycles. The molecule has 2 rings (SSSR count). The Hall–Kier alpha value is 0.00688. The van der Waals surface area contributed by atoms with Gasteiger partial charge in [-0.25, -0.2) is 4.39 Å². The Morgan fingerprint density at radius 3 is 2.21 bits per heavy atom. The molecule has 4 nitrogen and oxygen atoms in total. The minimum atomic E-state index is -2.00. The zero-order valence-electron chi connectivity index (χ0n) is 18.5. The number of aromatic nitrogens is 1. The van der Waals surface area contributed by atoms with Gasteiger partial charge in [-0.15, -0.1) is 4.72 Å². The van der Waals surface area contributed by atoms with Crippen LogP contribution >= 0.6 is 15.9 Å². The largest absolute Gasteiger partial charge is 0.598 e. The Bertz CT molecular complexity index is 728. The molecule has 0 amide bonds. The molecule has 160 valence electrons. The van der Waals surface area contributed by atoms with Crippen LogP contribution in [0.15, 0.2) is 16.7 Å². The first-order valence-corrected chi connectivity index (χ1v) is 14.5. The second kappa shape index (κ2) is 7.61. The van der Waals surface area contributed by atoms with E-state index in [0.29, 0.717) is 23.0 Å². The Kier molecular flexibility index (Phi) is 6.59. The van der Waals surface area contributed by atoms with Crippen molar-refractivity contribution >= 4 is 35.6 Å². The highest BCUT2D eigenvalue weighted by molar-refractivity contribution is 9.10. The Balaban J connectivity index is 2.36. The average Bonchev–Trinajstić information content (AvgIpc) is 2.42. The fourth-order valence-electron chi connectivity index (χ4n) is 3.45. The predicted octanol–water partition coefficient (Wildman–Crippen LogP) is 5.80. The van der Waals surface area contributed by atoms with E-state index in [1.54, 1.807) is 6.20 Å². The third-order valence-corrected chi connectivity index (χ3v) is 12.5. The SMILES string of the molecule is CC(C)(C)[S@+]([O-])N[C@]1(c2ncc(Br)cc2F)C[C@](C)(O[Si](C)(C)C(C)(C)C)C1. The van der Waals surface area contributed by atoms with Crippen molar-refractivity contribution in [2.45, 2.75) is 95.3 Å². The number of hydrogen-bond donors (Lipinski definition) is 1. The van der Waals surface area contributed by atoms with Crippen LogP contribution in [0.1, 0.15) is 67.0 Å². The first-order chi connectivity index (χ1) is 12.4. The van der Waals surface area contributed by atoms with Crippen LogP contribution < -0.4 is 4.72 Å². The van der Waals surface area contributed by atoms with Gasteiger partial charge in [0.15, 0.2) is 8.32 Å². The highest BCUT2D eigenvalue weighted by Gasteiger charge is 2.61. The molecule has 1 N–H and O–H groups in total. The lowest BCUT2D eigenvalue weighted by Crippen LogP contribution is -2.67. The highest BCUT2D eigenvalue weighted by Crippen LogP contribution is 2.54. The molecule has 1 aliphatic carbocycles. The summed E-state index contributed by atoms with van der Waals surface area (Å²) in [5.41, 5.74) is -0.899. The molecule has 0 spiro atoms. The Morgan fingerprint density at radius 1 is 1.25 bits per heavy atom. The summed E-state index contributed by atoms with van der Waals surface area (Å²) in [6.07, 6.45) is 2.64. The van der Waals surface area contributed by atoms with Crippen molar-refractivity contribution in [3.63, 3.8) is 0 Å². The molecule has 0 radical (unpaired) electrons. The van der Waals surface area contributed by atoms with Gasteiger partial charge in [0, 0.05) is 34.9 Å². The highest BCUT2D eigenvalue weighted by atomic mass is 79.9. The van der Waals surface area contributed by atoms with Crippen molar-refractivity contribution in [3.8, 4) is 0 Å². The average molecular weight is 494 g/mol. The third kappa shape index (κ3) is 5.00. The van der Waals surface area contributed by atoms with Crippen LogP contribution in [-0.2, 0) is 21.3 Å². The maximum Gasteiger partial charge on any atom is 0.192 e. The Labute approximate surface area is 182 Å². The quantitative estimate of drug-likeness (QED) is 0.416. The second-order valence-electron chi connectivity index (χ2n) is 10.7. The van der Waals surface area contributed by atoms with E-state index < -0.39 is 41.4 Å². The van der Waals surface area contributed by atoms with Crippen LogP contribution in [-0.4, -0.2) is 28.2 Å². The molecule has 0 bridgehead atoms. The molecule has 28 heavy (non-hydrogen) atoms. The maximum atomic E-state index is 14.8. The molecule has 1 aliphatic rings. The Morgan fingerprint density at radius 2 is 1.79 bits per heavy atom. The zero-order chi connectivity index (χ0) is 21.8. The molecule has 0 saturated heterocycles. The molecule has 1 atom stereocenters. The molecule has 1 aromatic heterocycles. The van der Waals surface area contributed by atoms with Gasteiger partial charge in [-0.1, -0.05) is 20.8 Å². The van der Waals surface area contributed by atoms with E-state index in [0.717, 1.165) is 0 Å². The summed E-state index contributed by atoms with van der Waals surface area (Å²) < 4.78 is 37.7. The first-order valence-electron chi connectivity index (χ1n) is 9.62. The summed E-state index contributed by atoms with van der Waals surface area (Å²) in [6.45, 7) is 18.8. The van der Waals surface area contributed by atoms with Gasteiger partial charge in [-0.2, -0.15) is 0 Å². The number of rotatable bonds is 5. The fourth-order valence-corrected chi connectivity index (χ4v) is 6.34. The van der Waals surface area contributed by atoms with Crippen molar-refractivity contribution in [1.29, 1.82) is 0 Å². The monoisotopic (exact) mass is 492 g/mol. The maximum absolute atomic E-state index is 14.8. The summed E-state index contributed by atoms with van der Waals surface area (Å²) in [5, 5.41) is 0.0804. The van der Waals surface area contributed by atoms with Crippen molar-refractivity contribution < 1.29 is 13.4 Å². The molecule has 1 fully saturated rings. The number of nitrogens with one attached hydrogen (secondary N) is 1. The summed E-state index contributed by atoms with van der Waals surface area (Å²) in [6, 6.07) is 1.41. The minimum absolute atomic E-state index is 0.0804. The molecular formula is C20H34BrFN2O2SSi. The fraction of sp³-hybridized carbons (Fsp3) is 0.750. The van der Waals surface area contributed by atoms with Gasteiger partial charge in [-0.05, 0) is 67.8 Å². The predicted molar refractivity (Wildman–Crippen MR) is 121 cm³/mol. The lowest BCUT2D eigenvalue weighted by Gasteiger charge is -2.57. The number of pyridine rings is 1. The van der Waals surface area contributed by atoms with Crippen LogP contribution in [0.4, 0.5) is 4.39 Å². The molecule has 0 unspecified atom stereocenters. The molecule has 0 aromatic carbocycles. The molecule has 8 heteroatoms. The summed E-state index contributed by atoms with van der Waals surface area (Å²) >= 11 is 1.91. The van der Waals surface area contributed by atoms with Gasteiger partial charge >= 0.3 is 0 Å². The number of halogens is 2. The van der Waals surface area contributed by atoms with E-state index in [2.05, 4.69) is 66.4 Å². The second-order valence-corrected chi connectivity index (χ2v) is 18.3. The topological polar surface area (TPSA) is 57.2 Å². The van der Waals surface area contributed by atoms with Crippen LogP contribution in [0.5, 0.6) is 0 Å². The van der Waals surface area contributed by atoms with Gasteiger partial charge in [0.1, 0.15) is 21.8 Å². The van der Waals surface area contributed by atoms with Crippen molar-refractivity contribution in [3.05, 3.63) is 28.2 Å².